The molecule has 0 radical (unpaired) electrons. The summed E-state index contributed by atoms with van der Waals surface area (Å²) in [6, 6.07) is 0.591. The van der Waals surface area contributed by atoms with Crippen molar-refractivity contribution in [3.05, 3.63) is 11.4 Å². The van der Waals surface area contributed by atoms with Crippen molar-refractivity contribution in [3.63, 3.8) is 0 Å². The molecule has 0 saturated heterocycles. The highest BCUT2D eigenvalue weighted by Gasteiger charge is 2.33. The topological polar surface area (TPSA) is 49.8 Å². The van der Waals surface area contributed by atoms with Gasteiger partial charge in [0.1, 0.15) is 17.5 Å². The average molecular weight is 234 g/mol. The molecule has 1 aromatic rings. The molecule has 2 unspecified atom stereocenters. The van der Waals surface area contributed by atoms with Crippen LogP contribution in [0.4, 0.5) is 11.6 Å². The van der Waals surface area contributed by atoms with Crippen LogP contribution in [-0.2, 0) is 0 Å². The Morgan fingerprint density at radius 1 is 1.24 bits per heavy atom. The maximum atomic E-state index is 4.63. The zero-order valence-electron chi connectivity index (χ0n) is 11.3. The van der Waals surface area contributed by atoms with Gasteiger partial charge in [-0.3, -0.25) is 0 Å². The molecule has 2 N–H and O–H groups in total. The van der Waals surface area contributed by atoms with E-state index in [1.54, 1.807) is 0 Å². The molecule has 1 heterocycles. The second-order valence-electron chi connectivity index (χ2n) is 5.27. The van der Waals surface area contributed by atoms with E-state index in [1.165, 1.54) is 6.42 Å². The molecular formula is C13H22N4. The van der Waals surface area contributed by atoms with E-state index in [4.69, 9.17) is 0 Å². The fourth-order valence-electron chi connectivity index (χ4n) is 1.87. The number of anilines is 2. The molecule has 1 aromatic heterocycles. The zero-order chi connectivity index (χ0) is 12.6. The van der Waals surface area contributed by atoms with Crippen LogP contribution in [0.1, 0.15) is 44.5 Å². The SMILES string of the molecule is CNc1nc(C(C)C)nc(NC2CC2C)c1C. The summed E-state index contributed by atoms with van der Waals surface area (Å²) in [6.45, 7) is 8.56. The molecule has 2 rings (SSSR count). The molecule has 0 aliphatic heterocycles. The first-order valence-corrected chi connectivity index (χ1v) is 6.35. The van der Waals surface area contributed by atoms with E-state index in [-0.39, 0.29) is 0 Å². The van der Waals surface area contributed by atoms with Crippen LogP contribution in [0.2, 0.25) is 0 Å². The number of rotatable bonds is 4. The van der Waals surface area contributed by atoms with E-state index in [0.717, 1.165) is 28.9 Å². The van der Waals surface area contributed by atoms with Crippen molar-refractivity contribution in [3.8, 4) is 0 Å². The second-order valence-corrected chi connectivity index (χ2v) is 5.27. The smallest absolute Gasteiger partial charge is 0.135 e. The highest BCUT2D eigenvalue weighted by Crippen LogP contribution is 2.34. The summed E-state index contributed by atoms with van der Waals surface area (Å²) in [5.74, 6) is 3.93. The summed E-state index contributed by atoms with van der Waals surface area (Å²) in [5.41, 5.74) is 1.11. The van der Waals surface area contributed by atoms with Gasteiger partial charge >= 0.3 is 0 Å². The van der Waals surface area contributed by atoms with Gasteiger partial charge in [0.2, 0.25) is 0 Å². The van der Waals surface area contributed by atoms with Crippen LogP contribution in [0, 0.1) is 12.8 Å². The van der Waals surface area contributed by atoms with Crippen LogP contribution in [-0.4, -0.2) is 23.1 Å². The monoisotopic (exact) mass is 234 g/mol. The summed E-state index contributed by atoms with van der Waals surface area (Å²) < 4.78 is 0. The molecule has 1 saturated carbocycles. The minimum absolute atomic E-state index is 0.347. The van der Waals surface area contributed by atoms with Crippen LogP contribution >= 0.6 is 0 Å². The summed E-state index contributed by atoms with van der Waals surface area (Å²) in [5, 5.41) is 6.66. The average Bonchev–Trinajstić information content (AvgIpc) is 2.97. The van der Waals surface area contributed by atoms with E-state index >= 15 is 0 Å². The van der Waals surface area contributed by atoms with Crippen molar-refractivity contribution in [1.29, 1.82) is 0 Å². The molecule has 1 aliphatic carbocycles. The third-order valence-electron chi connectivity index (χ3n) is 3.35. The molecule has 0 amide bonds. The van der Waals surface area contributed by atoms with E-state index in [0.29, 0.717) is 12.0 Å². The van der Waals surface area contributed by atoms with Crippen LogP contribution in [0.15, 0.2) is 0 Å². The normalized spacial score (nSPS) is 22.7. The molecule has 0 bridgehead atoms. The zero-order valence-corrected chi connectivity index (χ0v) is 11.3. The summed E-state index contributed by atoms with van der Waals surface area (Å²) in [7, 11) is 1.91. The Labute approximate surface area is 103 Å². The van der Waals surface area contributed by atoms with Gasteiger partial charge in [-0.1, -0.05) is 20.8 Å². The summed E-state index contributed by atoms with van der Waals surface area (Å²) in [4.78, 5) is 9.17. The highest BCUT2D eigenvalue weighted by molar-refractivity contribution is 5.58. The van der Waals surface area contributed by atoms with Crippen molar-refractivity contribution < 1.29 is 0 Å². The summed E-state index contributed by atoms with van der Waals surface area (Å²) >= 11 is 0. The molecule has 2 atom stereocenters. The minimum atomic E-state index is 0.347. The van der Waals surface area contributed by atoms with Gasteiger partial charge < -0.3 is 10.6 Å². The lowest BCUT2D eigenvalue weighted by atomic mass is 10.2. The number of aromatic nitrogens is 2. The van der Waals surface area contributed by atoms with Crippen molar-refractivity contribution in [2.45, 2.75) is 46.1 Å². The second kappa shape index (κ2) is 4.51. The Bertz CT molecular complexity index is 414. The first kappa shape index (κ1) is 12.1. The van der Waals surface area contributed by atoms with Crippen molar-refractivity contribution in [1.82, 2.24) is 9.97 Å². The predicted molar refractivity (Wildman–Crippen MR) is 71.6 cm³/mol. The molecule has 4 nitrogen and oxygen atoms in total. The molecule has 1 aliphatic rings. The van der Waals surface area contributed by atoms with Gasteiger partial charge in [0.25, 0.3) is 0 Å². The van der Waals surface area contributed by atoms with Crippen molar-refractivity contribution in [2.75, 3.05) is 17.7 Å². The fourth-order valence-corrected chi connectivity index (χ4v) is 1.87. The van der Waals surface area contributed by atoms with Crippen LogP contribution in [0.25, 0.3) is 0 Å². The lowest BCUT2D eigenvalue weighted by Crippen LogP contribution is -2.12. The largest absolute Gasteiger partial charge is 0.373 e. The number of nitrogens with zero attached hydrogens (tertiary/aromatic N) is 2. The maximum Gasteiger partial charge on any atom is 0.135 e. The highest BCUT2D eigenvalue weighted by atomic mass is 15.1. The molecule has 94 valence electrons. The van der Waals surface area contributed by atoms with Crippen molar-refractivity contribution >= 4 is 11.6 Å². The van der Waals surface area contributed by atoms with Crippen molar-refractivity contribution in [2.24, 2.45) is 5.92 Å². The van der Waals surface area contributed by atoms with E-state index < -0.39 is 0 Å². The summed E-state index contributed by atoms with van der Waals surface area (Å²) in [6.07, 6.45) is 1.25. The minimum Gasteiger partial charge on any atom is -0.373 e. The van der Waals surface area contributed by atoms with Gasteiger partial charge in [-0.05, 0) is 19.3 Å². The van der Waals surface area contributed by atoms with Gasteiger partial charge in [0.05, 0.1) is 0 Å². The fraction of sp³-hybridized carbons (Fsp3) is 0.692. The van der Waals surface area contributed by atoms with Crippen LogP contribution in [0.5, 0.6) is 0 Å². The Hall–Kier alpha value is -1.32. The Morgan fingerprint density at radius 2 is 1.82 bits per heavy atom. The lowest BCUT2D eigenvalue weighted by molar-refractivity contribution is 0.771. The molecule has 0 spiro atoms. The maximum absolute atomic E-state index is 4.63. The Balaban J connectivity index is 2.31. The Morgan fingerprint density at radius 3 is 2.29 bits per heavy atom. The quantitative estimate of drug-likeness (QED) is 0.841. The number of hydrogen-bond acceptors (Lipinski definition) is 4. The first-order chi connectivity index (χ1) is 8.02. The van der Waals surface area contributed by atoms with Crippen LogP contribution in [0.3, 0.4) is 0 Å². The predicted octanol–water partition coefficient (Wildman–Crippen LogP) is 2.77. The lowest BCUT2D eigenvalue weighted by Gasteiger charge is -2.15. The third kappa shape index (κ3) is 2.51. The van der Waals surface area contributed by atoms with Gasteiger partial charge in [-0.25, -0.2) is 9.97 Å². The molecule has 0 aromatic carbocycles. The standard InChI is InChI=1S/C13H22N4/c1-7(2)11-16-12(14-5)9(4)13(17-11)15-10-6-8(10)3/h7-8,10H,6H2,1-5H3,(H2,14,15,16,17). The van der Waals surface area contributed by atoms with Crippen LogP contribution < -0.4 is 10.6 Å². The Kier molecular flexibility index (Phi) is 3.22. The van der Waals surface area contributed by atoms with E-state index in [2.05, 4.69) is 48.3 Å². The van der Waals surface area contributed by atoms with Gasteiger partial charge in [-0.2, -0.15) is 0 Å². The molecular weight excluding hydrogens is 212 g/mol. The van der Waals surface area contributed by atoms with E-state index in [9.17, 15) is 0 Å². The van der Waals surface area contributed by atoms with Gasteiger partial charge in [0.15, 0.2) is 0 Å². The van der Waals surface area contributed by atoms with Gasteiger partial charge in [0, 0.05) is 24.6 Å². The molecule has 1 fully saturated rings. The first-order valence-electron chi connectivity index (χ1n) is 6.35. The molecule has 17 heavy (non-hydrogen) atoms. The number of hydrogen-bond donors (Lipinski definition) is 2. The van der Waals surface area contributed by atoms with E-state index in [1.807, 2.05) is 7.05 Å². The van der Waals surface area contributed by atoms with Gasteiger partial charge in [-0.15, -0.1) is 0 Å². The number of nitrogens with one attached hydrogen (secondary N) is 2. The molecule has 4 heteroatoms. The third-order valence-corrected chi connectivity index (χ3v) is 3.35.